The minimum atomic E-state index is -1.32. The minimum absolute atomic E-state index is 0.122. The number of aromatic amines is 1. The molecule has 5 rings (SSSR count). The van der Waals surface area contributed by atoms with Gasteiger partial charge in [0.1, 0.15) is 5.67 Å². The van der Waals surface area contributed by atoms with Crippen molar-refractivity contribution >= 4 is 28.6 Å². The van der Waals surface area contributed by atoms with Crippen LogP contribution in [0.5, 0.6) is 0 Å². The van der Waals surface area contributed by atoms with E-state index < -0.39 is 5.67 Å². The number of ether oxygens (including phenoxy) is 1. The molecule has 0 bridgehead atoms. The van der Waals surface area contributed by atoms with Crippen LogP contribution < -0.4 is 16.2 Å². The zero-order valence-electron chi connectivity index (χ0n) is 21.7. The molecule has 1 amide bonds. The van der Waals surface area contributed by atoms with E-state index in [9.17, 15) is 9.59 Å². The van der Waals surface area contributed by atoms with Gasteiger partial charge in [-0.3, -0.25) is 9.59 Å². The van der Waals surface area contributed by atoms with Crippen LogP contribution in [0.4, 0.5) is 4.39 Å². The number of para-hydroxylation sites is 1. The van der Waals surface area contributed by atoms with Crippen LogP contribution in [-0.4, -0.2) is 52.7 Å². The van der Waals surface area contributed by atoms with Crippen molar-refractivity contribution in [2.24, 2.45) is 0 Å². The lowest BCUT2D eigenvalue weighted by Gasteiger charge is -2.38. The van der Waals surface area contributed by atoms with Gasteiger partial charge in [0.05, 0.1) is 31.4 Å². The number of hydrogen-bond donors (Lipinski definition) is 3. The Morgan fingerprint density at radius 1 is 1.22 bits per heavy atom. The molecule has 2 aliphatic rings. The van der Waals surface area contributed by atoms with Gasteiger partial charge in [-0.2, -0.15) is 0 Å². The van der Waals surface area contributed by atoms with E-state index >= 15 is 4.39 Å². The second kappa shape index (κ2) is 10.6. The maximum absolute atomic E-state index is 16.1. The van der Waals surface area contributed by atoms with Gasteiger partial charge in [0.25, 0.3) is 11.5 Å². The zero-order valence-corrected chi connectivity index (χ0v) is 22.5. The molecule has 0 unspecified atom stereocenters. The molecule has 198 valence electrons. The zero-order chi connectivity index (χ0) is 26.2. The monoisotopic (exact) mass is 526 g/mol. The first-order valence-corrected chi connectivity index (χ1v) is 14.2. The summed E-state index contributed by atoms with van der Waals surface area (Å²) in [6, 6.07) is 10.3. The molecule has 1 aromatic carbocycles. The normalized spacial score (nSPS) is 22.2. The van der Waals surface area contributed by atoms with Crippen molar-refractivity contribution in [1.29, 1.82) is 0 Å². The number of aryl methyl sites for hydroxylation is 1. The van der Waals surface area contributed by atoms with Gasteiger partial charge in [0, 0.05) is 45.3 Å². The molecule has 9 heteroatoms. The standard InChI is InChI=1S/C28H35FN4O3S/c1-17-12-24(37-3)22(26(34)31-17)13-30-27(35)25-18(2)33(23-7-5-4-6-21(23)25)16-28(29)10-8-19(9-11-28)32-20-14-36-15-20/h4-7,12,19-20,32H,8-11,13-16H2,1-3H3,(H,30,35)(H,31,34). The maximum Gasteiger partial charge on any atom is 0.254 e. The Morgan fingerprint density at radius 2 is 1.95 bits per heavy atom. The molecule has 1 saturated carbocycles. The summed E-state index contributed by atoms with van der Waals surface area (Å²) in [4.78, 5) is 29.6. The van der Waals surface area contributed by atoms with Gasteiger partial charge in [-0.1, -0.05) is 18.2 Å². The molecule has 1 aliphatic carbocycles. The lowest BCUT2D eigenvalue weighted by Crippen LogP contribution is -2.52. The van der Waals surface area contributed by atoms with Crippen LogP contribution >= 0.6 is 11.8 Å². The van der Waals surface area contributed by atoms with E-state index in [2.05, 4.69) is 15.6 Å². The molecule has 3 N–H and O–H groups in total. The molecule has 3 aromatic rings. The summed E-state index contributed by atoms with van der Waals surface area (Å²) in [6.07, 6.45) is 4.47. The number of amides is 1. The lowest BCUT2D eigenvalue weighted by atomic mass is 9.83. The van der Waals surface area contributed by atoms with Crippen molar-refractivity contribution in [2.45, 2.75) is 75.3 Å². The van der Waals surface area contributed by atoms with E-state index in [1.54, 1.807) is 0 Å². The minimum Gasteiger partial charge on any atom is -0.378 e. The number of rotatable bonds is 8. The second-order valence-electron chi connectivity index (χ2n) is 10.4. The van der Waals surface area contributed by atoms with Crippen molar-refractivity contribution < 1.29 is 13.9 Å². The first-order valence-electron chi connectivity index (χ1n) is 12.9. The number of carbonyl (C=O) groups excluding carboxylic acids is 1. The molecular formula is C28H35FN4O3S. The first-order chi connectivity index (χ1) is 17.8. The van der Waals surface area contributed by atoms with Crippen molar-refractivity contribution in [2.75, 3.05) is 19.5 Å². The molecule has 37 heavy (non-hydrogen) atoms. The summed E-state index contributed by atoms with van der Waals surface area (Å²) in [5, 5.41) is 7.32. The van der Waals surface area contributed by atoms with Crippen molar-refractivity contribution in [3.63, 3.8) is 0 Å². The Kier molecular flexibility index (Phi) is 7.47. The Morgan fingerprint density at radius 3 is 2.62 bits per heavy atom. The molecule has 2 fully saturated rings. The highest BCUT2D eigenvalue weighted by atomic mass is 32.2. The summed E-state index contributed by atoms with van der Waals surface area (Å²) < 4.78 is 23.3. The third-order valence-corrected chi connectivity index (χ3v) is 8.57. The summed E-state index contributed by atoms with van der Waals surface area (Å²) >= 11 is 1.48. The number of pyridine rings is 1. The molecule has 0 atom stereocenters. The summed E-state index contributed by atoms with van der Waals surface area (Å²) in [5.41, 5.74) is 1.93. The number of carbonyl (C=O) groups is 1. The van der Waals surface area contributed by atoms with E-state index in [-0.39, 0.29) is 24.6 Å². The fourth-order valence-electron chi connectivity index (χ4n) is 5.62. The SMILES string of the molecule is CSc1cc(C)[nH]c(=O)c1CNC(=O)c1c(C)n(CC2(F)CCC(NC3COC3)CC2)c2ccccc12. The predicted molar refractivity (Wildman–Crippen MR) is 145 cm³/mol. The van der Waals surface area contributed by atoms with Crippen LogP contribution in [0.15, 0.2) is 40.0 Å². The quantitative estimate of drug-likeness (QED) is 0.382. The van der Waals surface area contributed by atoms with Crippen LogP contribution in [0.1, 0.15) is 53.0 Å². The second-order valence-corrected chi connectivity index (χ2v) is 11.2. The van der Waals surface area contributed by atoms with Gasteiger partial charge in [-0.25, -0.2) is 4.39 Å². The van der Waals surface area contributed by atoms with Crippen LogP contribution in [0.25, 0.3) is 10.9 Å². The summed E-state index contributed by atoms with van der Waals surface area (Å²) in [7, 11) is 0. The van der Waals surface area contributed by atoms with Gasteiger partial charge < -0.3 is 24.9 Å². The lowest BCUT2D eigenvalue weighted by molar-refractivity contribution is -0.0172. The van der Waals surface area contributed by atoms with Crippen molar-refractivity contribution in [3.8, 4) is 0 Å². The topological polar surface area (TPSA) is 88.2 Å². The number of hydrogen-bond acceptors (Lipinski definition) is 5. The number of nitrogens with one attached hydrogen (secondary N) is 3. The van der Waals surface area contributed by atoms with Crippen LogP contribution in [0, 0.1) is 13.8 Å². The number of fused-ring (bicyclic) bond motifs is 1. The van der Waals surface area contributed by atoms with E-state index in [0.29, 0.717) is 36.1 Å². The average molecular weight is 527 g/mol. The highest BCUT2D eigenvalue weighted by molar-refractivity contribution is 7.98. The molecule has 3 heterocycles. The van der Waals surface area contributed by atoms with E-state index in [0.717, 1.165) is 53.2 Å². The van der Waals surface area contributed by atoms with Crippen molar-refractivity contribution in [1.82, 2.24) is 20.2 Å². The molecule has 7 nitrogen and oxygen atoms in total. The Bertz CT molecular complexity index is 1360. The first kappa shape index (κ1) is 26.0. The Hall–Kier alpha value is -2.62. The number of H-pyrrole nitrogens is 1. The Balaban J connectivity index is 1.35. The van der Waals surface area contributed by atoms with Gasteiger partial charge >= 0.3 is 0 Å². The highest BCUT2D eigenvalue weighted by Gasteiger charge is 2.38. The molecule has 0 radical (unpaired) electrons. The maximum atomic E-state index is 16.1. The number of halogens is 1. The van der Waals surface area contributed by atoms with Gasteiger partial charge in [0.15, 0.2) is 0 Å². The fourth-order valence-corrected chi connectivity index (χ4v) is 6.33. The highest BCUT2D eigenvalue weighted by Crippen LogP contribution is 2.36. The number of benzene rings is 1. The molecular weight excluding hydrogens is 491 g/mol. The van der Waals surface area contributed by atoms with Gasteiger partial charge in [-0.15, -0.1) is 11.8 Å². The van der Waals surface area contributed by atoms with Crippen LogP contribution in [0.2, 0.25) is 0 Å². The predicted octanol–water partition coefficient (Wildman–Crippen LogP) is 4.24. The number of nitrogens with zero attached hydrogens (tertiary/aromatic N) is 1. The van der Waals surface area contributed by atoms with Crippen LogP contribution in [-0.2, 0) is 17.8 Å². The van der Waals surface area contributed by atoms with E-state index in [1.807, 2.05) is 55.0 Å². The number of aromatic nitrogens is 2. The molecule has 1 saturated heterocycles. The van der Waals surface area contributed by atoms with Crippen LogP contribution in [0.3, 0.4) is 0 Å². The number of alkyl halides is 1. The smallest absolute Gasteiger partial charge is 0.254 e. The molecule has 0 spiro atoms. The summed E-state index contributed by atoms with van der Waals surface area (Å²) in [5.74, 6) is -0.261. The van der Waals surface area contributed by atoms with Crippen molar-refractivity contribution in [3.05, 3.63) is 63.2 Å². The van der Waals surface area contributed by atoms with Gasteiger partial charge in [-0.05, 0) is 57.9 Å². The molecule has 1 aliphatic heterocycles. The fraction of sp³-hybridized carbons (Fsp3) is 0.500. The van der Waals surface area contributed by atoms with E-state index in [4.69, 9.17) is 4.74 Å². The third kappa shape index (κ3) is 5.35. The largest absolute Gasteiger partial charge is 0.378 e. The van der Waals surface area contributed by atoms with E-state index in [1.165, 1.54) is 11.8 Å². The average Bonchev–Trinajstić information content (AvgIpc) is 3.12. The Labute approximate surface area is 220 Å². The van der Waals surface area contributed by atoms with Gasteiger partial charge in [0.2, 0.25) is 0 Å². The number of thioether (sulfide) groups is 1. The molecule has 2 aromatic heterocycles. The third-order valence-electron chi connectivity index (χ3n) is 7.77. The summed E-state index contributed by atoms with van der Waals surface area (Å²) in [6.45, 7) is 5.55.